The van der Waals surface area contributed by atoms with Gasteiger partial charge in [0.2, 0.25) is 0 Å². The van der Waals surface area contributed by atoms with Gasteiger partial charge in [-0.2, -0.15) is 5.10 Å². The molecule has 0 spiro atoms. The first-order valence-electron chi connectivity index (χ1n) is 6.37. The van der Waals surface area contributed by atoms with Crippen molar-refractivity contribution in [2.24, 2.45) is 0 Å². The maximum atomic E-state index is 13.8. The Morgan fingerprint density at radius 2 is 2.16 bits per heavy atom. The van der Waals surface area contributed by atoms with Gasteiger partial charge in [0.1, 0.15) is 10.4 Å². The van der Waals surface area contributed by atoms with E-state index >= 15 is 0 Å². The summed E-state index contributed by atoms with van der Waals surface area (Å²) >= 11 is 3.47. The maximum Gasteiger partial charge on any atom is 0.151 e. The van der Waals surface area contributed by atoms with Gasteiger partial charge in [-0.15, -0.1) is 0 Å². The Morgan fingerprint density at radius 1 is 1.32 bits per heavy atom. The Hall–Kier alpha value is -1.20. The van der Waals surface area contributed by atoms with Crippen molar-refractivity contribution in [1.29, 1.82) is 0 Å². The number of nitrogens with zero attached hydrogens (tertiary/aromatic N) is 2. The molecule has 5 heteroatoms. The van der Waals surface area contributed by atoms with Gasteiger partial charge in [-0.25, -0.2) is 9.07 Å². The van der Waals surface area contributed by atoms with Crippen LogP contribution in [0.5, 0.6) is 0 Å². The fourth-order valence-corrected chi connectivity index (χ4v) is 2.82. The number of halogens is 2. The van der Waals surface area contributed by atoms with E-state index in [-0.39, 0.29) is 12.0 Å². The van der Waals surface area contributed by atoms with Crippen molar-refractivity contribution in [3.8, 4) is 11.3 Å². The largest absolute Gasteiger partial charge is 0.356 e. The molecule has 0 N–H and O–H groups in total. The van der Waals surface area contributed by atoms with Crippen LogP contribution in [0.3, 0.4) is 0 Å². The molecule has 3 rings (SSSR count). The SMILES string of the molecule is Fc1ccccc1-c1cc(Br)n(C2CCCCO2)n1. The molecule has 1 atom stereocenters. The molecule has 2 heterocycles. The van der Waals surface area contributed by atoms with Gasteiger partial charge < -0.3 is 4.74 Å². The van der Waals surface area contributed by atoms with Crippen molar-refractivity contribution in [1.82, 2.24) is 9.78 Å². The van der Waals surface area contributed by atoms with Gasteiger partial charge in [0.05, 0.1) is 5.69 Å². The molecular weight excluding hydrogens is 311 g/mol. The molecule has 19 heavy (non-hydrogen) atoms. The van der Waals surface area contributed by atoms with Gasteiger partial charge in [-0.3, -0.25) is 0 Å². The molecule has 1 fully saturated rings. The highest BCUT2D eigenvalue weighted by atomic mass is 79.9. The van der Waals surface area contributed by atoms with Crippen molar-refractivity contribution in [3.63, 3.8) is 0 Å². The summed E-state index contributed by atoms with van der Waals surface area (Å²) in [7, 11) is 0. The maximum absolute atomic E-state index is 13.8. The van der Waals surface area contributed by atoms with Crippen LogP contribution in [0.1, 0.15) is 25.5 Å². The zero-order valence-electron chi connectivity index (χ0n) is 10.4. The van der Waals surface area contributed by atoms with Crippen LogP contribution in [0.2, 0.25) is 0 Å². The van der Waals surface area contributed by atoms with E-state index in [9.17, 15) is 4.39 Å². The van der Waals surface area contributed by atoms with Crippen molar-refractivity contribution in [3.05, 3.63) is 40.8 Å². The molecule has 100 valence electrons. The molecular formula is C14H14BrFN2O. The lowest BCUT2D eigenvalue weighted by Gasteiger charge is -2.23. The van der Waals surface area contributed by atoms with Crippen LogP contribution >= 0.6 is 15.9 Å². The minimum Gasteiger partial charge on any atom is -0.356 e. The molecule has 1 unspecified atom stereocenters. The van der Waals surface area contributed by atoms with Crippen LogP contribution in [0, 0.1) is 5.82 Å². The zero-order valence-corrected chi connectivity index (χ0v) is 11.9. The predicted octanol–water partition coefficient (Wildman–Crippen LogP) is 4.15. The molecule has 0 bridgehead atoms. The highest BCUT2D eigenvalue weighted by Crippen LogP contribution is 2.30. The Balaban J connectivity index is 1.95. The van der Waals surface area contributed by atoms with E-state index in [1.807, 2.05) is 12.1 Å². The normalized spacial score (nSPS) is 19.6. The summed E-state index contributed by atoms with van der Waals surface area (Å²) in [6.07, 6.45) is 3.11. The molecule has 1 aliphatic heterocycles. The summed E-state index contributed by atoms with van der Waals surface area (Å²) in [5, 5.41) is 4.47. The number of hydrogen-bond acceptors (Lipinski definition) is 2. The molecule has 3 nitrogen and oxygen atoms in total. The van der Waals surface area contributed by atoms with Crippen LogP contribution in [-0.2, 0) is 4.74 Å². The monoisotopic (exact) mass is 324 g/mol. The predicted molar refractivity (Wildman–Crippen MR) is 74.2 cm³/mol. The first kappa shape index (κ1) is 12.8. The van der Waals surface area contributed by atoms with Gasteiger partial charge in [0, 0.05) is 12.2 Å². The smallest absolute Gasteiger partial charge is 0.151 e. The Bertz CT molecular complexity index is 579. The van der Waals surface area contributed by atoms with Crippen molar-refractivity contribution in [2.45, 2.75) is 25.5 Å². The third-order valence-electron chi connectivity index (χ3n) is 3.27. The van der Waals surface area contributed by atoms with Crippen molar-refractivity contribution < 1.29 is 9.13 Å². The standard InChI is InChI=1S/C14H14BrFN2O/c15-13-9-12(10-5-1-2-6-11(10)16)17-18(13)14-7-3-4-8-19-14/h1-2,5-6,9,14H,3-4,7-8H2. The van der Waals surface area contributed by atoms with Crippen LogP contribution in [0.25, 0.3) is 11.3 Å². The summed E-state index contributed by atoms with van der Waals surface area (Å²) in [6, 6.07) is 8.49. The minimum absolute atomic E-state index is 0.0522. The zero-order chi connectivity index (χ0) is 13.2. The Kier molecular flexibility index (Phi) is 3.66. The number of hydrogen-bond donors (Lipinski definition) is 0. The van der Waals surface area contributed by atoms with Crippen molar-refractivity contribution in [2.75, 3.05) is 6.61 Å². The van der Waals surface area contributed by atoms with Crippen LogP contribution < -0.4 is 0 Å². The molecule has 1 saturated heterocycles. The second kappa shape index (κ2) is 5.43. The van der Waals surface area contributed by atoms with E-state index in [4.69, 9.17) is 4.74 Å². The molecule has 0 amide bonds. The molecule has 0 saturated carbocycles. The van der Waals surface area contributed by atoms with E-state index in [0.29, 0.717) is 11.3 Å². The first-order valence-corrected chi connectivity index (χ1v) is 7.16. The number of ether oxygens (including phenoxy) is 1. The van der Waals surface area contributed by atoms with E-state index in [2.05, 4.69) is 21.0 Å². The third-order valence-corrected chi connectivity index (χ3v) is 3.86. The molecule has 2 aromatic rings. The average Bonchev–Trinajstić information content (AvgIpc) is 2.82. The topological polar surface area (TPSA) is 27.1 Å². The first-order chi connectivity index (χ1) is 9.25. The highest BCUT2D eigenvalue weighted by molar-refractivity contribution is 9.10. The number of rotatable bonds is 2. The summed E-state index contributed by atoms with van der Waals surface area (Å²) in [5.41, 5.74) is 1.14. The lowest BCUT2D eigenvalue weighted by molar-refractivity contribution is -0.0407. The van der Waals surface area contributed by atoms with Gasteiger partial charge in [0.15, 0.2) is 6.23 Å². The van der Waals surface area contributed by atoms with Gasteiger partial charge in [-0.05, 0) is 53.4 Å². The fraction of sp³-hybridized carbons (Fsp3) is 0.357. The fourth-order valence-electron chi connectivity index (χ4n) is 2.29. The summed E-state index contributed by atoms with van der Waals surface area (Å²) in [4.78, 5) is 0. The third kappa shape index (κ3) is 2.58. The quantitative estimate of drug-likeness (QED) is 0.829. The van der Waals surface area contributed by atoms with E-state index < -0.39 is 0 Å². The molecule has 1 aromatic heterocycles. The van der Waals surface area contributed by atoms with E-state index in [0.717, 1.165) is 30.5 Å². The second-order valence-corrected chi connectivity index (χ2v) is 5.41. The Labute approximate surface area is 119 Å². The van der Waals surface area contributed by atoms with Crippen LogP contribution in [0.15, 0.2) is 34.9 Å². The summed E-state index contributed by atoms with van der Waals surface area (Å²) in [6.45, 7) is 0.756. The second-order valence-electron chi connectivity index (χ2n) is 4.60. The van der Waals surface area contributed by atoms with E-state index in [1.165, 1.54) is 6.07 Å². The molecule has 1 aromatic carbocycles. The van der Waals surface area contributed by atoms with Gasteiger partial charge >= 0.3 is 0 Å². The lowest BCUT2D eigenvalue weighted by atomic mass is 10.1. The molecule has 0 aliphatic carbocycles. The summed E-state index contributed by atoms with van der Waals surface area (Å²) < 4.78 is 22.1. The number of benzene rings is 1. The minimum atomic E-state index is -0.260. The van der Waals surface area contributed by atoms with Gasteiger partial charge in [-0.1, -0.05) is 12.1 Å². The average molecular weight is 325 g/mol. The highest BCUT2D eigenvalue weighted by Gasteiger charge is 2.20. The van der Waals surface area contributed by atoms with Crippen LogP contribution in [0.4, 0.5) is 4.39 Å². The summed E-state index contributed by atoms with van der Waals surface area (Å²) in [5.74, 6) is -0.260. The van der Waals surface area contributed by atoms with E-state index in [1.54, 1.807) is 16.8 Å². The Morgan fingerprint density at radius 3 is 2.89 bits per heavy atom. The van der Waals surface area contributed by atoms with Crippen molar-refractivity contribution >= 4 is 15.9 Å². The lowest BCUT2D eigenvalue weighted by Crippen LogP contribution is -2.19. The number of aromatic nitrogens is 2. The van der Waals surface area contributed by atoms with Crippen LogP contribution in [-0.4, -0.2) is 16.4 Å². The molecule has 0 radical (unpaired) electrons. The van der Waals surface area contributed by atoms with Gasteiger partial charge in [0.25, 0.3) is 0 Å². The molecule has 1 aliphatic rings.